The van der Waals surface area contributed by atoms with Crippen LogP contribution in [0, 0.1) is 6.92 Å². The molecule has 1 aliphatic heterocycles. The van der Waals surface area contributed by atoms with E-state index in [0.717, 1.165) is 35.6 Å². The number of aromatic nitrogens is 3. The van der Waals surface area contributed by atoms with E-state index in [1.807, 2.05) is 48.2 Å². The van der Waals surface area contributed by atoms with Crippen LogP contribution in [0.15, 0.2) is 48.8 Å². The first-order valence-electron chi connectivity index (χ1n) is 8.21. The normalized spacial score (nSPS) is 13.6. The van der Waals surface area contributed by atoms with Crippen LogP contribution in [0.2, 0.25) is 5.02 Å². The van der Waals surface area contributed by atoms with Gasteiger partial charge in [0.2, 0.25) is 0 Å². The molecule has 0 bridgehead atoms. The van der Waals surface area contributed by atoms with E-state index in [-0.39, 0.29) is 5.91 Å². The van der Waals surface area contributed by atoms with Crippen LogP contribution in [-0.4, -0.2) is 27.2 Å². The topological polar surface area (TPSA) is 51.0 Å². The fourth-order valence-corrected chi connectivity index (χ4v) is 3.34. The third-order valence-electron chi connectivity index (χ3n) is 4.51. The van der Waals surface area contributed by atoms with Gasteiger partial charge in [-0.05, 0) is 56.2 Å². The Bertz CT molecular complexity index is 933. The van der Waals surface area contributed by atoms with Crippen LogP contribution >= 0.6 is 11.6 Å². The Morgan fingerprint density at radius 2 is 2.00 bits per heavy atom. The molecule has 3 heterocycles. The van der Waals surface area contributed by atoms with Crippen molar-refractivity contribution in [1.82, 2.24) is 14.8 Å². The molecule has 0 spiro atoms. The number of halogens is 1. The molecule has 2 aromatic heterocycles. The number of benzene rings is 1. The highest BCUT2D eigenvalue weighted by Crippen LogP contribution is 2.27. The highest BCUT2D eigenvalue weighted by atomic mass is 35.5. The average Bonchev–Trinajstić information content (AvgIpc) is 3.03. The van der Waals surface area contributed by atoms with Gasteiger partial charge in [-0.15, -0.1) is 0 Å². The van der Waals surface area contributed by atoms with Crippen LogP contribution in [0.3, 0.4) is 0 Å². The maximum Gasteiger partial charge on any atom is 0.261 e. The second kappa shape index (κ2) is 6.33. The Kier molecular flexibility index (Phi) is 4.01. The summed E-state index contributed by atoms with van der Waals surface area (Å²) in [5, 5.41) is 5.07. The Labute approximate surface area is 150 Å². The van der Waals surface area contributed by atoms with Gasteiger partial charge < -0.3 is 4.90 Å². The Morgan fingerprint density at radius 3 is 2.80 bits per heavy atom. The number of fused-ring (bicyclic) bond motifs is 1. The molecule has 6 heteroatoms. The zero-order valence-corrected chi connectivity index (χ0v) is 14.6. The standard InChI is InChI=1S/C19H17ClN4O/c1-13-16(12-22-24(13)15-8-6-14(20)7-9-15)19(25)23-11-3-4-17-18(23)5-2-10-21-17/h2,5-10,12H,3-4,11H2,1H3. The number of pyridine rings is 1. The summed E-state index contributed by atoms with van der Waals surface area (Å²) in [7, 11) is 0. The average molecular weight is 353 g/mol. The van der Waals surface area contributed by atoms with Crippen molar-refractivity contribution >= 4 is 23.2 Å². The number of carbonyl (C=O) groups is 1. The zero-order valence-electron chi connectivity index (χ0n) is 13.8. The monoisotopic (exact) mass is 352 g/mol. The van der Waals surface area contributed by atoms with Gasteiger partial charge in [0.1, 0.15) is 0 Å². The van der Waals surface area contributed by atoms with Gasteiger partial charge in [0.05, 0.1) is 34.5 Å². The van der Waals surface area contributed by atoms with E-state index in [1.165, 1.54) is 0 Å². The Balaban J connectivity index is 1.69. The van der Waals surface area contributed by atoms with Crippen LogP contribution in [0.25, 0.3) is 5.69 Å². The lowest BCUT2D eigenvalue weighted by Gasteiger charge is -2.28. The molecule has 0 unspecified atom stereocenters. The summed E-state index contributed by atoms with van der Waals surface area (Å²) in [6.07, 6.45) is 5.23. The van der Waals surface area contributed by atoms with Crippen molar-refractivity contribution in [2.45, 2.75) is 19.8 Å². The molecule has 5 nitrogen and oxygen atoms in total. The molecule has 126 valence electrons. The van der Waals surface area contributed by atoms with E-state index in [4.69, 9.17) is 11.6 Å². The van der Waals surface area contributed by atoms with E-state index in [1.54, 1.807) is 17.1 Å². The quantitative estimate of drug-likeness (QED) is 0.704. The van der Waals surface area contributed by atoms with Crippen LogP contribution in [0.4, 0.5) is 5.69 Å². The highest BCUT2D eigenvalue weighted by molar-refractivity contribution is 6.30. The van der Waals surface area contributed by atoms with Crippen LogP contribution < -0.4 is 4.90 Å². The summed E-state index contributed by atoms with van der Waals surface area (Å²) < 4.78 is 1.76. The lowest BCUT2D eigenvalue weighted by molar-refractivity contribution is 0.0984. The van der Waals surface area contributed by atoms with E-state index in [0.29, 0.717) is 17.1 Å². The van der Waals surface area contributed by atoms with E-state index in [2.05, 4.69) is 10.1 Å². The predicted molar refractivity (Wildman–Crippen MR) is 97.5 cm³/mol. The number of hydrogen-bond donors (Lipinski definition) is 0. The Morgan fingerprint density at radius 1 is 1.20 bits per heavy atom. The summed E-state index contributed by atoms with van der Waals surface area (Å²) in [6.45, 7) is 2.60. The molecular formula is C19H17ClN4O. The number of anilines is 1. The first-order valence-corrected chi connectivity index (χ1v) is 8.59. The van der Waals surface area contributed by atoms with Crippen molar-refractivity contribution in [2.75, 3.05) is 11.4 Å². The minimum atomic E-state index is -0.0355. The fraction of sp³-hybridized carbons (Fsp3) is 0.211. The molecule has 0 N–H and O–H groups in total. The molecule has 0 saturated carbocycles. The molecule has 0 fully saturated rings. The lowest BCUT2D eigenvalue weighted by Crippen LogP contribution is -2.36. The molecule has 1 aromatic carbocycles. The highest BCUT2D eigenvalue weighted by Gasteiger charge is 2.26. The number of amides is 1. The summed E-state index contributed by atoms with van der Waals surface area (Å²) in [4.78, 5) is 19.3. The molecule has 0 atom stereocenters. The van der Waals surface area contributed by atoms with Gasteiger partial charge in [0.15, 0.2) is 0 Å². The summed E-state index contributed by atoms with van der Waals surface area (Å²) in [5.41, 5.74) is 4.17. The second-order valence-corrected chi connectivity index (χ2v) is 6.50. The maximum atomic E-state index is 13.1. The van der Waals surface area contributed by atoms with Gasteiger partial charge in [-0.1, -0.05) is 11.6 Å². The molecule has 0 saturated heterocycles. The van der Waals surface area contributed by atoms with E-state index >= 15 is 0 Å². The van der Waals surface area contributed by atoms with Crippen molar-refractivity contribution in [3.63, 3.8) is 0 Å². The van der Waals surface area contributed by atoms with E-state index in [9.17, 15) is 4.79 Å². The smallest absolute Gasteiger partial charge is 0.261 e. The third kappa shape index (κ3) is 2.81. The molecule has 1 amide bonds. The molecule has 3 aromatic rings. The van der Waals surface area contributed by atoms with Crippen molar-refractivity contribution in [3.05, 3.63) is 70.8 Å². The Hall–Kier alpha value is -2.66. The second-order valence-electron chi connectivity index (χ2n) is 6.06. The van der Waals surface area contributed by atoms with Gasteiger partial charge in [-0.2, -0.15) is 5.10 Å². The van der Waals surface area contributed by atoms with Gasteiger partial charge in [0, 0.05) is 17.8 Å². The van der Waals surface area contributed by atoms with Gasteiger partial charge in [-0.3, -0.25) is 9.78 Å². The van der Waals surface area contributed by atoms with Crippen LogP contribution in [0.1, 0.15) is 28.2 Å². The van der Waals surface area contributed by atoms with Gasteiger partial charge in [-0.25, -0.2) is 4.68 Å². The number of rotatable bonds is 2. The predicted octanol–water partition coefficient (Wildman–Crippen LogP) is 3.82. The van der Waals surface area contributed by atoms with Crippen molar-refractivity contribution in [2.24, 2.45) is 0 Å². The summed E-state index contributed by atoms with van der Waals surface area (Å²) >= 11 is 5.95. The van der Waals surface area contributed by atoms with Crippen LogP contribution in [0.5, 0.6) is 0 Å². The minimum Gasteiger partial charge on any atom is -0.306 e. The SMILES string of the molecule is Cc1c(C(=O)N2CCCc3ncccc32)cnn1-c1ccc(Cl)cc1. The third-order valence-corrected chi connectivity index (χ3v) is 4.76. The number of hydrogen-bond acceptors (Lipinski definition) is 3. The number of carbonyl (C=O) groups excluding carboxylic acids is 1. The maximum absolute atomic E-state index is 13.1. The van der Waals surface area contributed by atoms with Gasteiger partial charge in [0.25, 0.3) is 5.91 Å². The molecule has 4 rings (SSSR count). The van der Waals surface area contributed by atoms with Crippen molar-refractivity contribution in [1.29, 1.82) is 0 Å². The fourth-order valence-electron chi connectivity index (χ4n) is 3.21. The summed E-state index contributed by atoms with van der Waals surface area (Å²) in [6, 6.07) is 11.2. The molecular weight excluding hydrogens is 336 g/mol. The minimum absolute atomic E-state index is 0.0355. The number of nitrogens with zero attached hydrogens (tertiary/aromatic N) is 4. The largest absolute Gasteiger partial charge is 0.306 e. The lowest BCUT2D eigenvalue weighted by atomic mass is 10.1. The summed E-state index contributed by atoms with van der Waals surface area (Å²) in [5.74, 6) is -0.0355. The van der Waals surface area contributed by atoms with E-state index < -0.39 is 0 Å². The molecule has 25 heavy (non-hydrogen) atoms. The first kappa shape index (κ1) is 15.8. The molecule has 1 aliphatic rings. The van der Waals surface area contributed by atoms with Gasteiger partial charge >= 0.3 is 0 Å². The first-order chi connectivity index (χ1) is 12.1. The molecule has 0 radical (unpaired) electrons. The van der Waals surface area contributed by atoms with Crippen LogP contribution in [-0.2, 0) is 6.42 Å². The molecule has 0 aliphatic carbocycles. The van der Waals surface area contributed by atoms with Crippen molar-refractivity contribution in [3.8, 4) is 5.69 Å². The van der Waals surface area contributed by atoms with Crippen molar-refractivity contribution < 1.29 is 4.79 Å². The zero-order chi connectivity index (χ0) is 17.4. The number of aryl methyl sites for hydroxylation is 1.